The summed E-state index contributed by atoms with van der Waals surface area (Å²) in [6, 6.07) is 11.1. The predicted octanol–water partition coefficient (Wildman–Crippen LogP) is 2.55. The minimum atomic E-state index is -1.13. The fourth-order valence-electron chi connectivity index (χ4n) is 2.31. The van der Waals surface area contributed by atoms with Crippen molar-refractivity contribution >= 4 is 23.5 Å². The molecule has 0 heterocycles. The number of ether oxygens (including phenoxy) is 2. The molecular formula is C20H22N2O6. The van der Waals surface area contributed by atoms with E-state index in [-0.39, 0.29) is 11.5 Å². The lowest BCUT2D eigenvalue weighted by Gasteiger charge is -2.13. The van der Waals surface area contributed by atoms with Gasteiger partial charge in [-0.25, -0.2) is 0 Å². The number of carboxylic acids is 1. The number of hydrogen-bond donors (Lipinski definition) is 3. The highest BCUT2D eigenvalue weighted by molar-refractivity contribution is 6.06. The summed E-state index contributed by atoms with van der Waals surface area (Å²) in [4.78, 5) is 34.9. The molecule has 8 heteroatoms. The minimum absolute atomic E-state index is 0.288. The Morgan fingerprint density at radius 3 is 2.36 bits per heavy atom. The van der Waals surface area contributed by atoms with Crippen molar-refractivity contribution in [1.29, 1.82) is 0 Å². The van der Waals surface area contributed by atoms with Gasteiger partial charge < -0.3 is 25.2 Å². The average Bonchev–Trinajstić information content (AvgIpc) is 2.70. The normalized spacial score (nSPS) is 10.1. The Kier molecular flexibility index (Phi) is 7.38. The van der Waals surface area contributed by atoms with E-state index in [0.29, 0.717) is 29.4 Å². The Hall–Kier alpha value is -3.55. The van der Waals surface area contributed by atoms with Gasteiger partial charge in [0.2, 0.25) is 0 Å². The molecule has 2 aromatic carbocycles. The molecule has 0 atom stereocenters. The highest BCUT2D eigenvalue weighted by Gasteiger charge is 2.15. The van der Waals surface area contributed by atoms with Crippen molar-refractivity contribution in [1.82, 2.24) is 5.32 Å². The van der Waals surface area contributed by atoms with Crippen molar-refractivity contribution in [2.45, 2.75) is 13.3 Å². The number of benzene rings is 2. The monoisotopic (exact) mass is 386 g/mol. The molecule has 0 aliphatic heterocycles. The SMILES string of the molecule is CCCOc1cc(OC)ccc1C(=O)Nc1ccc(C(=O)NCC(=O)O)cc1. The number of amides is 2. The molecule has 0 saturated carbocycles. The van der Waals surface area contributed by atoms with E-state index in [1.54, 1.807) is 30.3 Å². The maximum absolute atomic E-state index is 12.6. The van der Waals surface area contributed by atoms with Crippen LogP contribution in [-0.4, -0.2) is 43.2 Å². The van der Waals surface area contributed by atoms with E-state index in [1.165, 1.54) is 19.2 Å². The molecule has 0 aliphatic carbocycles. The Balaban J connectivity index is 2.10. The first kappa shape index (κ1) is 20.8. The number of carbonyl (C=O) groups excluding carboxylic acids is 2. The number of carboxylic acid groups (broad SMARTS) is 1. The molecule has 148 valence electrons. The van der Waals surface area contributed by atoms with Gasteiger partial charge in [-0.1, -0.05) is 6.92 Å². The van der Waals surface area contributed by atoms with Crippen molar-refractivity contribution in [3.63, 3.8) is 0 Å². The third-order valence-corrected chi connectivity index (χ3v) is 3.70. The summed E-state index contributed by atoms with van der Waals surface area (Å²) in [5.74, 6) is -0.997. The van der Waals surface area contributed by atoms with Crippen LogP contribution < -0.4 is 20.1 Å². The fraction of sp³-hybridized carbons (Fsp3) is 0.250. The molecule has 0 bridgehead atoms. The number of hydrogen-bond acceptors (Lipinski definition) is 5. The van der Waals surface area contributed by atoms with Gasteiger partial charge in [0.05, 0.1) is 19.3 Å². The molecule has 0 fully saturated rings. The van der Waals surface area contributed by atoms with Crippen LogP contribution in [-0.2, 0) is 4.79 Å². The van der Waals surface area contributed by atoms with Crippen LogP contribution in [0.1, 0.15) is 34.1 Å². The third-order valence-electron chi connectivity index (χ3n) is 3.70. The van der Waals surface area contributed by atoms with Crippen molar-refractivity contribution < 1.29 is 29.0 Å². The van der Waals surface area contributed by atoms with Gasteiger partial charge in [0.25, 0.3) is 11.8 Å². The molecule has 0 aromatic heterocycles. The predicted molar refractivity (Wildman–Crippen MR) is 103 cm³/mol. The number of nitrogens with one attached hydrogen (secondary N) is 2. The lowest BCUT2D eigenvalue weighted by atomic mass is 10.1. The van der Waals surface area contributed by atoms with Crippen molar-refractivity contribution in [2.24, 2.45) is 0 Å². The summed E-state index contributed by atoms with van der Waals surface area (Å²) in [5.41, 5.74) is 1.13. The molecule has 2 aromatic rings. The summed E-state index contributed by atoms with van der Waals surface area (Å²) in [6.45, 7) is 1.97. The first-order chi connectivity index (χ1) is 13.4. The smallest absolute Gasteiger partial charge is 0.322 e. The van der Waals surface area contributed by atoms with Gasteiger partial charge in [0, 0.05) is 17.3 Å². The largest absolute Gasteiger partial charge is 0.497 e. The summed E-state index contributed by atoms with van der Waals surface area (Å²) in [6.07, 6.45) is 0.795. The quantitative estimate of drug-likeness (QED) is 0.610. The number of aliphatic carboxylic acids is 1. The summed E-state index contributed by atoms with van der Waals surface area (Å²) >= 11 is 0. The van der Waals surface area contributed by atoms with Gasteiger partial charge in [0.15, 0.2) is 0 Å². The van der Waals surface area contributed by atoms with E-state index in [0.717, 1.165) is 6.42 Å². The van der Waals surface area contributed by atoms with Crippen LogP contribution >= 0.6 is 0 Å². The number of anilines is 1. The molecule has 0 saturated heterocycles. The second kappa shape index (κ2) is 9.96. The Morgan fingerprint density at radius 2 is 1.75 bits per heavy atom. The molecule has 2 amide bonds. The summed E-state index contributed by atoms with van der Waals surface area (Å²) in [5, 5.41) is 13.6. The van der Waals surface area contributed by atoms with Crippen molar-refractivity contribution in [3.8, 4) is 11.5 Å². The Morgan fingerprint density at radius 1 is 1.04 bits per heavy atom. The summed E-state index contributed by atoms with van der Waals surface area (Å²) < 4.78 is 10.8. The average molecular weight is 386 g/mol. The van der Waals surface area contributed by atoms with Gasteiger partial charge in [-0.15, -0.1) is 0 Å². The van der Waals surface area contributed by atoms with Crippen LogP contribution in [0.5, 0.6) is 11.5 Å². The van der Waals surface area contributed by atoms with Crippen molar-refractivity contribution in [3.05, 3.63) is 53.6 Å². The molecule has 0 aliphatic rings. The molecule has 8 nitrogen and oxygen atoms in total. The highest BCUT2D eigenvalue weighted by atomic mass is 16.5. The van der Waals surface area contributed by atoms with Crippen molar-refractivity contribution in [2.75, 3.05) is 25.6 Å². The van der Waals surface area contributed by atoms with Crippen LogP contribution in [0.25, 0.3) is 0 Å². The van der Waals surface area contributed by atoms with E-state index in [9.17, 15) is 14.4 Å². The van der Waals surface area contributed by atoms with E-state index in [1.807, 2.05) is 6.92 Å². The third kappa shape index (κ3) is 5.73. The zero-order valence-electron chi connectivity index (χ0n) is 15.7. The highest BCUT2D eigenvalue weighted by Crippen LogP contribution is 2.26. The topological polar surface area (TPSA) is 114 Å². The molecular weight excluding hydrogens is 364 g/mol. The number of rotatable bonds is 9. The van der Waals surface area contributed by atoms with Gasteiger partial charge in [-0.3, -0.25) is 14.4 Å². The van der Waals surface area contributed by atoms with Crippen LogP contribution in [0.3, 0.4) is 0 Å². The molecule has 3 N–H and O–H groups in total. The molecule has 0 spiro atoms. The summed E-state index contributed by atoms with van der Waals surface area (Å²) in [7, 11) is 1.53. The van der Waals surface area contributed by atoms with Gasteiger partial charge in [-0.2, -0.15) is 0 Å². The van der Waals surface area contributed by atoms with Gasteiger partial charge in [-0.05, 0) is 42.8 Å². The van der Waals surface area contributed by atoms with E-state index >= 15 is 0 Å². The lowest BCUT2D eigenvalue weighted by molar-refractivity contribution is -0.135. The van der Waals surface area contributed by atoms with Crippen LogP contribution in [0.15, 0.2) is 42.5 Å². The molecule has 2 rings (SSSR count). The fourth-order valence-corrected chi connectivity index (χ4v) is 2.31. The van der Waals surface area contributed by atoms with Gasteiger partial charge in [0.1, 0.15) is 18.0 Å². The van der Waals surface area contributed by atoms with E-state index < -0.39 is 18.4 Å². The zero-order valence-corrected chi connectivity index (χ0v) is 15.7. The Bertz CT molecular complexity index is 848. The Labute approximate surface area is 162 Å². The van der Waals surface area contributed by atoms with Crippen LogP contribution in [0.4, 0.5) is 5.69 Å². The molecule has 0 radical (unpaired) electrons. The van der Waals surface area contributed by atoms with E-state index in [4.69, 9.17) is 14.6 Å². The van der Waals surface area contributed by atoms with E-state index in [2.05, 4.69) is 10.6 Å². The zero-order chi connectivity index (χ0) is 20.5. The number of carbonyl (C=O) groups is 3. The first-order valence-electron chi connectivity index (χ1n) is 8.66. The molecule has 0 unspecified atom stereocenters. The lowest BCUT2D eigenvalue weighted by Crippen LogP contribution is -2.29. The van der Waals surface area contributed by atoms with Gasteiger partial charge >= 0.3 is 5.97 Å². The maximum Gasteiger partial charge on any atom is 0.322 e. The second-order valence-corrected chi connectivity index (χ2v) is 5.82. The van der Waals surface area contributed by atoms with Crippen LogP contribution in [0, 0.1) is 0 Å². The van der Waals surface area contributed by atoms with Crippen LogP contribution in [0.2, 0.25) is 0 Å². The maximum atomic E-state index is 12.6. The second-order valence-electron chi connectivity index (χ2n) is 5.82. The minimum Gasteiger partial charge on any atom is -0.497 e. The number of methoxy groups -OCH3 is 1. The molecule has 28 heavy (non-hydrogen) atoms. The first-order valence-corrected chi connectivity index (χ1v) is 8.66. The standard InChI is InChI=1S/C20H22N2O6/c1-3-10-28-17-11-15(27-2)8-9-16(17)20(26)22-14-6-4-13(5-7-14)19(25)21-12-18(23)24/h4-9,11H,3,10,12H2,1-2H3,(H,21,25)(H,22,26)(H,23,24).